The Bertz CT molecular complexity index is 2100. The molecule has 0 amide bonds. The molecule has 0 spiro atoms. The first-order chi connectivity index (χ1) is 25.3. The second kappa shape index (κ2) is 16.0. The third-order valence-electron chi connectivity index (χ3n) is 9.50. The third kappa shape index (κ3) is 9.34. The first-order valence-corrected chi connectivity index (χ1v) is 17.8. The molecule has 0 radical (unpaired) electrons. The molecule has 0 bridgehead atoms. The summed E-state index contributed by atoms with van der Waals surface area (Å²) >= 11 is 0. The van der Waals surface area contributed by atoms with Crippen LogP contribution in [-0.4, -0.2) is 53.2 Å². The summed E-state index contributed by atoms with van der Waals surface area (Å²) in [4.78, 5) is 17.4. The Hall–Kier alpha value is -4.65. The van der Waals surface area contributed by atoms with Gasteiger partial charge in [-0.3, -0.25) is 0 Å². The zero-order chi connectivity index (χ0) is 39.6. The number of carbonyl (C=O) groups excluding carboxylic acids is 1. The summed E-state index contributed by atoms with van der Waals surface area (Å²) in [6.07, 6.45) is 4.76. The summed E-state index contributed by atoms with van der Waals surface area (Å²) in [7, 11) is 0.891. The van der Waals surface area contributed by atoms with E-state index in [1.54, 1.807) is 77.3 Å². The van der Waals surface area contributed by atoms with E-state index in [-0.39, 0.29) is 29.7 Å². The first-order valence-electron chi connectivity index (χ1n) is 17.8. The molecule has 0 atom stereocenters. The van der Waals surface area contributed by atoms with Crippen LogP contribution in [0.15, 0.2) is 79.1 Å². The molecule has 3 aromatic carbocycles. The van der Waals surface area contributed by atoms with Crippen LogP contribution in [0.1, 0.15) is 88.3 Å². The van der Waals surface area contributed by atoms with Crippen molar-refractivity contribution in [1.29, 1.82) is 0 Å². The van der Waals surface area contributed by atoms with Crippen LogP contribution in [0.3, 0.4) is 0 Å². The molecule has 4 aromatic rings. The quantitative estimate of drug-likeness (QED) is 0.0587. The zero-order valence-electron chi connectivity index (χ0n) is 32.4. The van der Waals surface area contributed by atoms with Gasteiger partial charge in [0.05, 0.1) is 40.2 Å². The summed E-state index contributed by atoms with van der Waals surface area (Å²) < 4.78 is 76.4. The molecule has 0 aliphatic carbocycles. The van der Waals surface area contributed by atoms with Crippen LogP contribution in [0.2, 0.25) is 0 Å². The van der Waals surface area contributed by atoms with E-state index < -0.39 is 47.3 Å². The number of ether oxygens (including phenoxy) is 3. The van der Waals surface area contributed by atoms with Gasteiger partial charge in [-0.05, 0) is 114 Å². The van der Waals surface area contributed by atoms with Gasteiger partial charge in [0.25, 0.3) is 0 Å². The van der Waals surface area contributed by atoms with Gasteiger partial charge in [-0.1, -0.05) is 30.9 Å². The van der Waals surface area contributed by atoms with Crippen molar-refractivity contribution in [3.63, 3.8) is 0 Å². The molecular formula is C42H48BF3N2O6. The number of rotatable bonds is 13. The molecule has 1 aliphatic rings. The molecule has 8 nitrogen and oxygen atoms in total. The fourth-order valence-electron chi connectivity index (χ4n) is 5.78. The summed E-state index contributed by atoms with van der Waals surface area (Å²) in [6, 6.07) is 12.1. The molecule has 1 aromatic heterocycles. The van der Waals surface area contributed by atoms with Gasteiger partial charge in [0.2, 0.25) is 0 Å². The number of fused-ring (bicyclic) bond motifs is 1. The Balaban J connectivity index is 1.24. The van der Waals surface area contributed by atoms with Gasteiger partial charge in [0.15, 0.2) is 0 Å². The van der Waals surface area contributed by atoms with E-state index in [4.69, 9.17) is 23.5 Å². The van der Waals surface area contributed by atoms with E-state index in [9.17, 15) is 9.18 Å². The Kier molecular flexibility index (Phi) is 12.0. The number of methoxy groups -OCH3 is 1. The molecule has 2 heterocycles. The van der Waals surface area contributed by atoms with E-state index in [2.05, 4.69) is 11.6 Å². The molecule has 12 heteroatoms. The number of allylic oxidation sites excluding steroid dienone is 5. The number of benzene rings is 3. The predicted molar refractivity (Wildman–Crippen MR) is 205 cm³/mol. The average molecular weight is 745 g/mol. The van der Waals surface area contributed by atoms with Crippen molar-refractivity contribution in [2.45, 2.75) is 91.8 Å². The highest BCUT2D eigenvalue weighted by atomic mass is 19.1. The number of aromatic nitrogens is 2. The predicted octanol–water partition coefficient (Wildman–Crippen LogP) is 8.64. The lowest BCUT2D eigenvalue weighted by molar-refractivity contribution is 0.00578. The van der Waals surface area contributed by atoms with Crippen LogP contribution in [0.25, 0.3) is 16.6 Å². The fourth-order valence-corrected chi connectivity index (χ4v) is 5.78. The van der Waals surface area contributed by atoms with E-state index in [0.29, 0.717) is 52.4 Å². The van der Waals surface area contributed by atoms with Gasteiger partial charge < -0.3 is 28.1 Å². The van der Waals surface area contributed by atoms with Crippen LogP contribution in [-0.2, 0) is 43.1 Å². The van der Waals surface area contributed by atoms with Gasteiger partial charge in [0, 0.05) is 31.2 Å². The number of halogens is 3. The van der Waals surface area contributed by atoms with Crippen molar-refractivity contribution in [3.05, 3.63) is 125 Å². The molecule has 1 saturated heterocycles. The molecule has 5 rings (SSSR count). The molecule has 0 unspecified atom stereocenters. The standard InChI is InChI=1S/C42H48BF3N2O6/c1-26(12-11-13-27(2)51-25-29-14-16-31(23-33(29)44)43-53-41(6,7)42(8,9)54-43)32-24-34(45)30(20-35(32)46)22-38-47-36-17-15-28(39(49)52-40(3,4)5)21-37(36)48(38)18-19-50-10/h11-17,20-21,23-24H,1,18-19,22,25H2,2-10H3/b12-11-,27-13+. The van der Waals surface area contributed by atoms with E-state index in [0.717, 1.165) is 12.1 Å². The topological polar surface area (TPSA) is 81.0 Å². The van der Waals surface area contributed by atoms with Gasteiger partial charge in [-0.25, -0.2) is 22.9 Å². The summed E-state index contributed by atoms with van der Waals surface area (Å²) in [5.41, 5.74) is 1.14. The number of esters is 1. The molecule has 1 aliphatic heterocycles. The number of nitrogens with zero attached hydrogens (tertiary/aromatic N) is 2. The van der Waals surface area contributed by atoms with Crippen LogP contribution >= 0.6 is 0 Å². The van der Waals surface area contributed by atoms with Crippen molar-refractivity contribution in [1.82, 2.24) is 9.55 Å². The number of imidazole rings is 1. The average Bonchev–Trinajstić information content (AvgIpc) is 3.53. The fraction of sp³-hybridized carbons (Fsp3) is 0.381. The van der Waals surface area contributed by atoms with Crippen LogP contribution in [0.4, 0.5) is 13.2 Å². The lowest BCUT2D eigenvalue weighted by Crippen LogP contribution is -2.41. The Morgan fingerprint density at radius 1 is 0.963 bits per heavy atom. The minimum Gasteiger partial charge on any atom is -0.493 e. The monoisotopic (exact) mass is 744 g/mol. The second-order valence-electron chi connectivity index (χ2n) is 15.4. The number of carbonyl (C=O) groups is 1. The normalized spacial score (nSPS) is 15.7. The molecule has 1 fully saturated rings. The highest BCUT2D eigenvalue weighted by Crippen LogP contribution is 2.36. The molecule has 0 N–H and O–H groups in total. The van der Waals surface area contributed by atoms with Crippen molar-refractivity contribution in [2.75, 3.05) is 13.7 Å². The van der Waals surface area contributed by atoms with Crippen molar-refractivity contribution < 1.29 is 41.5 Å². The van der Waals surface area contributed by atoms with Crippen LogP contribution in [0.5, 0.6) is 0 Å². The van der Waals surface area contributed by atoms with Crippen LogP contribution in [0, 0.1) is 17.5 Å². The molecular weight excluding hydrogens is 696 g/mol. The van der Waals surface area contributed by atoms with Gasteiger partial charge >= 0.3 is 13.1 Å². The van der Waals surface area contributed by atoms with Crippen molar-refractivity contribution >= 4 is 35.2 Å². The van der Waals surface area contributed by atoms with Gasteiger partial charge in [-0.2, -0.15) is 0 Å². The molecule has 0 saturated carbocycles. The largest absolute Gasteiger partial charge is 0.494 e. The third-order valence-corrected chi connectivity index (χ3v) is 9.50. The smallest absolute Gasteiger partial charge is 0.493 e. The molecule has 54 heavy (non-hydrogen) atoms. The summed E-state index contributed by atoms with van der Waals surface area (Å²) in [5, 5.41) is 0. The van der Waals surface area contributed by atoms with Gasteiger partial charge in [0.1, 0.15) is 35.5 Å². The number of hydrogen-bond acceptors (Lipinski definition) is 7. The SMILES string of the molecule is C=C(/C=C\C=C(/C)OCc1ccc(B2OC(C)(C)C(C)(C)O2)cc1F)c1cc(F)c(Cc2nc3ccc(C(=O)OC(C)(C)C)cc3n2CCOC)cc1F. The van der Waals surface area contributed by atoms with E-state index in [1.165, 1.54) is 12.1 Å². The highest BCUT2D eigenvalue weighted by molar-refractivity contribution is 6.62. The minimum atomic E-state index is -0.674. The van der Waals surface area contributed by atoms with E-state index in [1.807, 2.05) is 32.3 Å². The maximum Gasteiger partial charge on any atom is 0.494 e. The zero-order valence-corrected chi connectivity index (χ0v) is 32.4. The second-order valence-corrected chi connectivity index (χ2v) is 15.4. The Morgan fingerprint density at radius 3 is 2.30 bits per heavy atom. The van der Waals surface area contributed by atoms with Gasteiger partial charge in [-0.15, -0.1) is 0 Å². The van der Waals surface area contributed by atoms with Crippen LogP contribution < -0.4 is 5.46 Å². The lowest BCUT2D eigenvalue weighted by atomic mass is 9.79. The van der Waals surface area contributed by atoms with Crippen molar-refractivity contribution in [3.8, 4) is 0 Å². The minimum absolute atomic E-state index is 0.00137. The highest BCUT2D eigenvalue weighted by Gasteiger charge is 2.51. The first kappa shape index (κ1) is 40.5. The molecule has 286 valence electrons. The summed E-state index contributed by atoms with van der Waals surface area (Å²) in [6.45, 7) is 19.5. The lowest BCUT2D eigenvalue weighted by Gasteiger charge is -2.32. The number of hydrogen-bond donors (Lipinski definition) is 0. The summed E-state index contributed by atoms with van der Waals surface area (Å²) in [5.74, 6) is -1.23. The van der Waals surface area contributed by atoms with Crippen molar-refractivity contribution in [2.24, 2.45) is 0 Å². The van der Waals surface area contributed by atoms with E-state index >= 15 is 8.78 Å². The maximum atomic E-state index is 15.5. The Labute approximate surface area is 315 Å². The Morgan fingerprint density at radius 2 is 1.65 bits per heavy atom. The maximum absolute atomic E-state index is 15.5.